The van der Waals surface area contributed by atoms with E-state index in [0.717, 1.165) is 6.07 Å². The summed E-state index contributed by atoms with van der Waals surface area (Å²) in [5, 5.41) is 5.65. The Bertz CT molecular complexity index is 529. The van der Waals surface area contributed by atoms with Crippen LogP contribution in [0.1, 0.15) is 0 Å². The largest absolute Gasteiger partial charge is 0.373 e. The van der Waals surface area contributed by atoms with Gasteiger partial charge in [-0.15, -0.1) is 0 Å². The molecule has 3 nitrogen and oxygen atoms in total. The lowest BCUT2D eigenvalue weighted by Gasteiger charge is -2.08. The second kappa shape index (κ2) is 4.78. The molecule has 0 atom stereocenters. The fourth-order valence-corrected chi connectivity index (χ4v) is 1.37. The number of hydrogen-bond donors (Lipinski definition) is 2. The number of rotatable bonds is 3. The molecule has 0 aliphatic heterocycles. The standard InChI is InChI=1S/C12H11F2N3/c1-15-11-3-2-4-12(17-11)16-10-6-5-8(13)7-9(10)14/h2-7H,1H3,(H2,15,16,17). The van der Waals surface area contributed by atoms with Crippen molar-refractivity contribution in [1.29, 1.82) is 0 Å². The van der Waals surface area contributed by atoms with Crippen LogP contribution in [-0.4, -0.2) is 12.0 Å². The van der Waals surface area contributed by atoms with Crippen LogP contribution in [0.4, 0.5) is 26.1 Å². The van der Waals surface area contributed by atoms with Crippen LogP contribution in [0.25, 0.3) is 0 Å². The summed E-state index contributed by atoms with van der Waals surface area (Å²) in [5.41, 5.74) is 0.187. The van der Waals surface area contributed by atoms with Crippen LogP contribution in [0.15, 0.2) is 36.4 Å². The quantitative estimate of drug-likeness (QED) is 0.858. The summed E-state index contributed by atoms with van der Waals surface area (Å²) in [7, 11) is 1.74. The molecule has 1 aromatic carbocycles. The zero-order valence-electron chi connectivity index (χ0n) is 9.17. The minimum atomic E-state index is -0.651. The maximum atomic E-state index is 13.4. The van der Waals surface area contributed by atoms with Crippen molar-refractivity contribution in [2.75, 3.05) is 17.7 Å². The molecule has 0 bridgehead atoms. The van der Waals surface area contributed by atoms with Crippen LogP contribution in [0.2, 0.25) is 0 Å². The molecule has 1 aromatic heterocycles. The van der Waals surface area contributed by atoms with E-state index in [1.54, 1.807) is 25.2 Å². The molecular formula is C12H11F2N3. The summed E-state index contributed by atoms with van der Waals surface area (Å²) in [5.74, 6) is -0.105. The maximum absolute atomic E-state index is 13.4. The van der Waals surface area contributed by atoms with Crippen LogP contribution in [0, 0.1) is 11.6 Å². The third-order valence-electron chi connectivity index (χ3n) is 2.20. The monoisotopic (exact) mass is 235 g/mol. The van der Waals surface area contributed by atoms with E-state index in [1.165, 1.54) is 12.1 Å². The van der Waals surface area contributed by atoms with E-state index in [9.17, 15) is 8.78 Å². The Labute approximate surface area is 97.5 Å². The number of aromatic nitrogens is 1. The second-order valence-electron chi connectivity index (χ2n) is 3.41. The highest BCUT2D eigenvalue weighted by atomic mass is 19.1. The summed E-state index contributed by atoms with van der Waals surface area (Å²) in [6.45, 7) is 0. The highest BCUT2D eigenvalue weighted by Crippen LogP contribution is 2.20. The highest BCUT2D eigenvalue weighted by Gasteiger charge is 2.04. The van der Waals surface area contributed by atoms with Gasteiger partial charge in [0.05, 0.1) is 5.69 Å². The Morgan fingerprint density at radius 1 is 1.06 bits per heavy atom. The number of halogens is 2. The Morgan fingerprint density at radius 2 is 1.82 bits per heavy atom. The zero-order valence-corrected chi connectivity index (χ0v) is 9.17. The average Bonchev–Trinajstić information content (AvgIpc) is 2.33. The van der Waals surface area contributed by atoms with E-state index in [1.807, 2.05) is 0 Å². The molecule has 0 aliphatic rings. The predicted octanol–water partition coefficient (Wildman–Crippen LogP) is 3.15. The van der Waals surface area contributed by atoms with Gasteiger partial charge in [0.1, 0.15) is 23.3 Å². The summed E-state index contributed by atoms with van der Waals surface area (Å²) >= 11 is 0. The first-order valence-electron chi connectivity index (χ1n) is 5.06. The minimum absolute atomic E-state index is 0.187. The molecule has 17 heavy (non-hydrogen) atoms. The van der Waals surface area contributed by atoms with Gasteiger partial charge < -0.3 is 10.6 Å². The van der Waals surface area contributed by atoms with E-state index < -0.39 is 11.6 Å². The van der Waals surface area contributed by atoms with Crippen LogP contribution >= 0.6 is 0 Å². The lowest BCUT2D eigenvalue weighted by atomic mass is 10.3. The van der Waals surface area contributed by atoms with Gasteiger partial charge in [-0.25, -0.2) is 13.8 Å². The molecule has 2 N–H and O–H groups in total. The Balaban J connectivity index is 2.25. The van der Waals surface area contributed by atoms with E-state index in [0.29, 0.717) is 11.6 Å². The average molecular weight is 235 g/mol. The molecule has 5 heteroatoms. The van der Waals surface area contributed by atoms with E-state index in [2.05, 4.69) is 15.6 Å². The Morgan fingerprint density at radius 3 is 2.53 bits per heavy atom. The molecule has 0 saturated heterocycles. The first kappa shape index (κ1) is 11.3. The summed E-state index contributed by atoms with van der Waals surface area (Å²) in [6.07, 6.45) is 0. The molecule has 0 unspecified atom stereocenters. The summed E-state index contributed by atoms with van der Waals surface area (Å²) in [4.78, 5) is 4.17. The molecule has 0 amide bonds. The van der Waals surface area contributed by atoms with Crippen molar-refractivity contribution in [3.8, 4) is 0 Å². The van der Waals surface area contributed by atoms with Gasteiger partial charge in [0.15, 0.2) is 0 Å². The molecule has 2 rings (SSSR count). The number of pyridine rings is 1. The topological polar surface area (TPSA) is 37.0 Å². The molecule has 0 saturated carbocycles. The van der Waals surface area contributed by atoms with Crippen molar-refractivity contribution in [2.24, 2.45) is 0 Å². The van der Waals surface area contributed by atoms with Crippen LogP contribution in [0.5, 0.6) is 0 Å². The first-order chi connectivity index (χ1) is 8.19. The number of benzene rings is 1. The van der Waals surface area contributed by atoms with Gasteiger partial charge in [0.2, 0.25) is 0 Å². The fraction of sp³-hybridized carbons (Fsp3) is 0.0833. The van der Waals surface area contributed by atoms with Crippen molar-refractivity contribution in [3.05, 3.63) is 48.0 Å². The second-order valence-corrected chi connectivity index (χ2v) is 3.41. The molecular weight excluding hydrogens is 224 g/mol. The summed E-state index contributed by atoms with van der Waals surface area (Å²) < 4.78 is 26.1. The molecule has 1 heterocycles. The van der Waals surface area contributed by atoms with Gasteiger partial charge in [-0.3, -0.25) is 0 Å². The van der Waals surface area contributed by atoms with Crippen molar-refractivity contribution < 1.29 is 8.78 Å². The fourth-order valence-electron chi connectivity index (χ4n) is 1.37. The normalized spacial score (nSPS) is 10.1. The maximum Gasteiger partial charge on any atom is 0.149 e. The number of nitrogens with one attached hydrogen (secondary N) is 2. The number of nitrogens with zero attached hydrogens (tertiary/aromatic N) is 1. The number of anilines is 3. The van der Waals surface area contributed by atoms with E-state index in [-0.39, 0.29) is 5.69 Å². The minimum Gasteiger partial charge on any atom is -0.373 e. The zero-order chi connectivity index (χ0) is 12.3. The van der Waals surface area contributed by atoms with Crippen LogP contribution in [-0.2, 0) is 0 Å². The molecule has 0 aliphatic carbocycles. The molecule has 2 aromatic rings. The lowest BCUT2D eigenvalue weighted by molar-refractivity contribution is 0.586. The van der Waals surface area contributed by atoms with Gasteiger partial charge in [-0.05, 0) is 24.3 Å². The van der Waals surface area contributed by atoms with Gasteiger partial charge in [-0.2, -0.15) is 0 Å². The Hall–Kier alpha value is -2.17. The lowest BCUT2D eigenvalue weighted by Crippen LogP contribution is -1.99. The third kappa shape index (κ3) is 2.69. The van der Waals surface area contributed by atoms with E-state index >= 15 is 0 Å². The predicted molar refractivity (Wildman–Crippen MR) is 63.4 cm³/mol. The van der Waals surface area contributed by atoms with Crippen LogP contribution < -0.4 is 10.6 Å². The first-order valence-corrected chi connectivity index (χ1v) is 5.06. The SMILES string of the molecule is CNc1cccc(Nc2ccc(F)cc2F)n1. The summed E-state index contributed by atoms with van der Waals surface area (Å²) in [6, 6.07) is 8.61. The highest BCUT2D eigenvalue weighted by molar-refractivity contribution is 5.58. The van der Waals surface area contributed by atoms with Crippen molar-refractivity contribution in [1.82, 2.24) is 4.98 Å². The van der Waals surface area contributed by atoms with Gasteiger partial charge >= 0.3 is 0 Å². The van der Waals surface area contributed by atoms with Crippen molar-refractivity contribution in [3.63, 3.8) is 0 Å². The van der Waals surface area contributed by atoms with Crippen molar-refractivity contribution in [2.45, 2.75) is 0 Å². The molecule has 88 valence electrons. The van der Waals surface area contributed by atoms with Gasteiger partial charge in [0, 0.05) is 13.1 Å². The van der Waals surface area contributed by atoms with E-state index in [4.69, 9.17) is 0 Å². The Kier molecular flexibility index (Phi) is 3.18. The molecule has 0 spiro atoms. The van der Waals surface area contributed by atoms with Crippen molar-refractivity contribution >= 4 is 17.3 Å². The smallest absolute Gasteiger partial charge is 0.149 e. The molecule has 0 fully saturated rings. The van der Waals surface area contributed by atoms with Gasteiger partial charge in [0.25, 0.3) is 0 Å². The number of hydrogen-bond acceptors (Lipinski definition) is 3. The van der Waals surface area contributed by atoms with Crippen LogP contribution in [0.3, 0.4) is 0 Å². The third-order valence-corrected chi connectivity index (χ3v) is 2.20. The van der Waals surface area contributed by atoms with Gasteiger partial charge in [-0.1, -0.05) is 6.07 Å². The molecule has 0 radical (unpaired) electrons.